The molecule has 0 spiro atoms. The number of carbonyl (C=O) groups is 1. The van der Waals surface area contributed by atoms with Crippen molar-refractivity contribution in [2.75, 3.05) is 20.8 Å². The maximum Gasteiger partial charge on any atom is 0.185 e. The molecule has 0 aliphatic rings. The minimum Gasteiger partial charge on any atom is -0.504 e. The first-order chi connectivity index (χ1) is 12.4. The Morgan fingerprint density at radius 1 is 1.04 bits per heavy atom. The van der Waals surface area contributed by atoms with E-state index in [1.807, 2.05) is 18.2 Å². The number of phenolic OH excluding ortho intramolecular Hbond substituents is 1. The zero-order valence-corrected chi connectivity index (χ0v) is 15.5. The number of carbonyl (C=O) groups excluding carboxylic acids is 1. The van der Waals surface area contributed by atoms with Crippen LogP contribution in [-0.2, 0) is 0 Å². The molecule has 2 aromatic carbocycles. The Labute approximate surface area is 153 Å². The van der Waals surface area contributed by atoms with E-state index >= 15 is 0 Å². The lowest BCUT2D eigenvalue weighted by Gasteiger charge is -2.12. The van der Waals surface area contributed by atoms with Crippen LogP contribution in [0.25, 0.3) is 6.08 Å². The zero-order chi connectivity index (χ0) is 19.1. The van der Waals surface area contributed by atoms with Crippen LogP contribution < -0.4 is 14.2 Å². The lowest BCUT2D eigenvalue weighted by atomic mass is 10.1. The van der Waals surface area contributed by atoms with Crippen LogP contribution in [0.2, 0.25) is 0 Å². The first-order valence-corrected chi connectivity index (χ1v) is 8.34. The predicted molar refractivity (Wildman–Crippen MR) is 101 cm³/mol. The van der Waals surface area contributed by atoms with Crippen molar-refractivity contribution in [2.45, 2.75) is 13.8 Å². The summed E-state index contributed by atoms with van der Waals surface area (Å²) in [6, 6.07) is 9.99. The summed E-state index contributed by atoms with van der Waals surface area (Å²) in [6.07, 6.45) is 3.17. The molecule has 26 heavy (non-hydrogen) atoms. The Balaban J connectivity index is 2.15. The van der Waals surface area contributed by atoms with Crippen LogP contribution in [-0.4, -0.2) is 31.7 Å². The van der Waals surface area contributed by atoms with Gasteiger partial charge < -0.3 is 19.3 Å². The van der Waals surface area contributed by atoms with Gasteiger partial charge in [-0.1, -0.05) is 26.0 Å². The van der Waals surface area contributed by atoms with Crippen LogP contribution in [0.15, 0.2) is 42.5 Å². The van der Waals surface area contributed by atoms with Crippen LogP contribution in [0, 0.1) is 5.92 Å². The summed E-state index contributed by atoms with van der Waals surface area (Å²) < 4.78 is 16.1. The van der Waals surface area contributed by atoms with Gasteiger partial charge in [-0.2, -0.15) is 0 Å². The van der Waals surface area contributed by atoms with E-state index in [0.29, 0.717) is 29.6 Å². The molecule has 0 amide bonds. The van der Waals surface area contributed by atoms with Crippen LogP contribution >= 0.6 is 0 Å². The van der Waals surface area contributed by atoms with Gasteiger partial charge in [0, 0.05) is 5.56 Å². The van der Waals surface area contributed by atoms with Gasteiger partial charge in [-0.25, -0.2) is 0 Å². The maximum atomic E-state index is 12.3. The summed E-state index contributed by atoms with van der Waals surface area (Å²) >= 11 is 0. The third-order valence-corrected chi connectivity index (χ3v) is 3.65. The average Bonchev–Trinajstić information content (AvgIpc) is 2.64. The number of hydrogen-bond acceptors (Lipinski definition) is 5. The SMILES string of the molecule is COc1cc(C(=O)/C=C/c2ccc(OCC(C)C)c(OC)c2)ccc1O. The van der Waals surface area contributed by atoms with Crippen molar-refractivity contribution in [3.05, 3.63) is 53.6 Å². The van der Waals surface area contributed by atoms with Gasteiger partial charge in [0.1, 0.15) is 0 Å². The van der Waals surface area contributed by atoms with Gasteiger partial charge in [0.05, 0.1) is 20.8 Å². The fraction of sp³-hybridized carbons (Fsp3) is 0.286. The van der Waals surface area contributed by atoms with Crippen molar-refractivity contribution < 1.29 is 24.1 Å². The third-order valence-electron chi connectivity index (χ3n) is 3.65. The molecule has 0 aliphatic carbocycles. The van der Waals surface area contributed by atoms with Crippen LogP contribution in [0.1, 0.15) is 29.8 Å². The molecule has 0 bridgehead atoms. The number of rotatable bonds is 8. The molecule has 5 nitrogen and oxygen atoms in total. The molecule has 0 heterocycles. The van der Waals surface area contributed by atoms with Crippen LogP contribution in [0.5, 0.6) is 23.0 Å². The molecule has 2 rings (SSSR count). The Bertz CT molecular complexity index is 793. The fourth-order valence-corrected chi connectivity index (χ4v) is 2.26. The third kappa shape index (κ3) is 5.02. The first kappa shape index (κ1) is 19.4. The smallest absolute Gasteiger partial charge is 0.185 e. The molecular weight excluding hydrogens is 332 g/mol. The Kier molecular flexibility index (Phi) is 6.67. The van der Waals surface area contributed by atoms with E-state index in [1.165, 1.54) is 25.3 Å². The second-order valence-corrected chi connectivity index (χ2v) is 6.20. The molecule has 2 aromatic rings. The number of methoxy groups -OCH3 is 2. The highest BCUT2D eigenvalue weighted by atomic mass is 16.5. The summed E-state index contributed by atoms with van der Waals surface area (Å²) in [5.74, 6) is 1.77. The number of allylic oxidation sites excluding steroid dienone is 1. The van der Waals surface area contributed by atoms with E-state index in [9.17, 15) is 9.90 Å². The Morgan fingerprint density at radius 2 is 1.77 bits per heavy atom. The van der Waals surface area contributed by atoms with Gasteiger partial charge in [-0.05, 0) is 47.9 Å². The second kappa shape index (κ2) is 8.94. The molecule has 138 valence electrons. The van der Waals surface area contributed by atoms with Gasteiger partial charge in [-0.15, -0.1) is 0 Å². The monoisotopic (exact) mass is 356 g/mol. The summed E-state index contributed by atoms with van der Waals surface area (Å²) in [5.41, 5.74) is 1.25. The summed E-state index contributed by atoms with van der Waals surface area (Å²) in [4.78, 5) is 12.3. The van der Waals surface area contributed by atoms with Gasteiger partial charge in [-0.3, -0.25) is 4.79 Å². The molecule has 0 fully saturated rings. The van der Waals surface area contributed by atoms with Gasteiger partial charge in [0.2, 0.25) is 0 Å². The van der Waals surface area contributed by atoms with Crippen LogP contribution in [0.4, 0.5) is 0 Å². The van der Waals surface area contributed by atoms with Gasteiger partial charge >= 0.3 is 0 Å². The minimum atomic E-state index is -0.192. The number of aromatic hydroxyl groups is 1. The predicted octanol–water partition coefficient (Wildman–Crippen LogP) is 4.34. The van der Waals surface area contributed by atoms with E-state index in [1.54, 1.807) is 19.3 Å². The van der Waals surface area contributed by atoms with Crippen molar-refractivity contribution in [3.63, 3.8) is 0 Å². The van der Waals surface area contributed by atoms with E-state index in [-0.39, 0.29) is 17.3 Å². The molecule has 1 N–H and O–H groups in total. The zero-order valence-electron chi connectivity index (χ0n) is 15.5. The van der Waals surface area contributed by atoms with E-state index in [2.05, 4.69) is 13.8 Å². The van der Waals surface area contributed by atoms with Crippen molar-refractivity contribution in [2.24, 2.45) is 5.92 Å². The number of phenols is 1. The lowest BCUT2D eigenvalue weighted by molar-refractivity contribution is 0.104. The van der Waals surface area contributed by atoms with Gasteiger partial charge in [0.15, 0.2) is 28.8 Å². The van der Waals surface area contributed by atoms with Crippen LogP contribution in [0.3, 0.4) is 0 Å². The highest BCUT2D eigenvalue weighted by molar-refractivity contribution is 6.07. The van der Waals surface area contributed by atoms with Crippen molar-refractivity contribution in [1.29, 1.82) is 0 Å². The van der Waals surface area contributed by atoms with E-state index in [4.69, 9.17) is 14.2 Å². The van der Waals surface area contributed by atoms with Crippen molar-refractivity contribution in [1.82, 2.24) is 0 Å². The number of benzene rings is 2. The molecule has 0 saturated carbocycles. The lowest BCUT2D eigenvalue weighted by Crippen LogP contribution is -2.05. The molecule has 0 atom stereocenters. The number of ether oxygens (including phenoxy) is 3. The molecule has 5 heteroatoms. The minimum absolute atomic E-state index is 0.00486. The largest absolute Gasteiger partial charge is 0.504 e. The highest BCUT2D eigenvalue weighted by Crippen LogP contribution is 2.29. The Morgan fingerprint density at radius 3 is 2.42 bits per heavy atom. The highest BCUT2D eigenvalue weighted by Gasteiger charge is 2.09. The van der Waals surface area contributed by atoms with Crippen molar-refractivity contribution in [3.8, 4) is 23.0 Å². The Hall–Kier alpha value is -2.95. The summed E-state index contributed by atoms with van der Waals surface area (Å²) in [5, 5.41) is 9.61. The molecule has 0 unspecified atom stereocenters. The quantitative estimate of drug-likeness (QED) is 0.563. The topological polar surface area (TPSA) is 65.0 Å². The van der Waals surface area contributed by atoms with E-state index < -0.39 is 0 Å². The second-order valence-electron chi connectivity index (χ2n) is 6.20. The van der Waals surface area contributed by atoms with Crippen molar-refractivity contribution >= 4 is 11.9 Å². The molecule has 0 aliphatic heterocycles. The van der Waals surface area contributed by atoms with E-state index in [0.717, 1.165) is 5.56 Å². The van der Waals surface area contributed by atoms with Gasteiger partial charge in [0.25, 0.3) is 0 Å². The normalized spacial score (nSPS) is 11.0. The molecule has 0 aromatic heterocycles. The molecule has 0 radical (unpaired) electrons. The number of ketones is 1. The fourth-order valence-electron chi connectivity index (χ4n) is 2.26. The maximum absolute atomic E-state index is 12.3. The standard InChI is InChI=1S/C21H24O5/c1-14(2)13-26-19-10-6-15(11-21(19)25-4)5-8-17(22)16-7-9-18(23)20(12-16)24-3/h5-12,14,23H,13H2,1-4H3/b8-5+. The summed E-state index contributed by atoms with van der Waals surface area (Å²) in [7, 11) is 3.02. The first-order valence-electron chi connectivity index (χ1n) is 8.34. The summed E-state index contributed by atoms with van der Waals surface area (Å²) in [6.45, 7) is 4.76. The number of hydrogen-bond donors (Lipinski definition) is 1. The molecule has 0 saturated heterocycles. The average molecular weight is 356 g/mol. The molecular formula is C21H24O5.